The molecule has 2 amide bonds. The fourth-order valence-corrected chi connectivity index (χ4v) is 4.04. The Labute approximate surface area is 186 Å². The maximum atomic E-state index is 13.4. The molecule has 0 spiro atoms. The Hall–Kier alpha value is -3.67. The van der Waals surface area contributed by atoms with Crippen LogP contribution in [0.4, 0.5) is 4.39 Å². The summed E-state index contributed by atoms with van der Waals surface area (Å²) in [7, 11) is 1.62. The molecular formula is C26H25FN2O3. The molecule has 164 valence electrons. The summed E-state index contributed by atoms with van der Waals surface area (Å²) in [5.41, 5.74) is 3.07. The van der Waals surface area contributed by atoms with Crippen molar-refractivity contribution < 1.29 is 18.7 Å². The molecule has 1 aliphatic rings. The van der Waals surface area contributed by atoms with E-state index in [2.05, 4.69) is 5.32 Å². The van der Waals surface area contributed by atoms with Crippen LogP contribution in [0.2, 0.25) is 0 Å². The number of halogens is 1. The molecule has 0 saturated carbocycles. The summed E-state index contributed by atoms with van der Waals surface area (Å²) < 4.78 is 18.7. The number of hydrogen-bond donors (Lipinski definition) is 1. The van der Waals surface area contributed by atoms with Crippen LogP contribution in [0.25, 0.3) is 11.1 Å². The second-order valence-corrected chi connectivity index (χ2v) is 7.82. The number of methoxy groups -OCH3 is 1. The third-order valence-corrected chi connectivity index (χ3v) is 5.68. The fraction of sp³-hybridized carbons (Fsp3) is 0.231. The molecule has 1 heterocycles. The molecule has 1 N–H and O–H groups in total. The molecule has 1 fully saturated rings. The van der Waals surface area contributed by atoms with Crippen LogP contribution in [0.3, 0.4) is 0 Å². The van der Waals surface area contributed by atoms with Gasteiger partial charge in [0.2, 0.25) is 5.91 Å². The van der Waals surface area contributed by atoms with E-state index in [1.807, 2.05) is 42.5 Å². The highest BCUT2D eigenvalue weighted by Gasteiger charge is 2.34. The summed E-state index contributed by atoms with van der Waals surface area (Å²) >= 11 is 0. The second-order valence-electron chi connectivity index (χ2n) is 7.82. The Morgan fingerprint density at radius 2 is 1.78 bits per heavy atom. The van der Waals surface area contributed by atoms with Gasteiger partial charge in [0.25, 0.3) is 5.91 Å². The Morgan fingerprint density at radius 1 is 1.03 bits per heavy atom. The van der Waals surface area contributed by atoms with Gasteiger partial charge in [-0.05, 0) is 65.9 Å². The first kappa shape index (κ1) is 21.6. The molecule has 1 saturated heterocycles. The predicted molar refractivity (Wildman–Crippen MR) is 121 cm³/mol. The van der Waals surface area contributed by atoms with Crippen molar-refractivity contribution in [2.45, 2.75) is 25.4 Å². The van der Waals surface area contributed by atoms with E-state index >= 15 is 0 Å². The van der Waals surface area contributed by atoms with Crippen molar-refractivity contribution in [3.05, 3.63) is 89.7 Å². The number of carbonyl (C=O) groups is 2. The van der Waals surface area contributed by atoms with Crippen LogP contribution in [-0.4, -0.2) is 36.4 Å². The molecule has 3 aromatic rings. The van der Waals surface area contributed by atoms with Gasteiger partial charge in [0.15, 0.2) is 0 Å². The highest BCUT2D eigenvalue weighted by Crippen LogP contribution is 2.26. The molecule has 0 radical (unpaired) electrons. The Bertz CT molecular complexity index is 1130. The van der Waals surface area contributed by atoms with Crippen LogP contribution >= 0.6 is 0 Å². The number of rotatable bonds is 6. The average molecular weight is 432 g/mol. The van der Waals surface area contributed by atoms with Gasteiger partial charge in [0.05, 0.1) is 7.11 Å². The second kappa shape index (κ2) is 9.64. The van der Waals surface area contributed by atoms with Gasteiger partial charge in [-0.15, -0.1) is 0 Å². The smallest absolute Gasteiger partial charge is 0.254 e. The lowest BCUT2D eigenvalue weighted by Crippen LogP contribution is -2.45. The first-order valence-corrected chi connectivity index (χ1v) is 10.6. The number of benzene rings is 3. The van der Waals surface area contributed by atoms with E-state index in [9.17, 15) is 14.0 Å². The summed E-state index contributed by atoms with van der Waals surface area (Å²) in [6.07, 6.45) is 1.37. The lowest BCUT2D eigenvalue weighted by molar-refractivity contribution is -0.125. The van der Waals surface area contributed by atoms with Crippen LogP contribution in [0.1, 0.15) is 28.8 Å². The van der Waals surface area contributed by atoms with Crippen LogP contribution in [-0.2, 0) is 11.3 Å². The number of amides is 2. The molecule has 4 rings (SSSR count). The number of ether oxygens (including phenoxy) is 1. The molecule has 1 atom stereocenters. The van der Waals surface area contributed by atoms with Crippen molar-refractivity contribution >= 4 is 11.8 Å². The lowest BCUT2D eigenvalue weighted by atomic mass is 10.0. The Balaban J connectivity index is 1.48. The third kappa shape index (κ3) is 4.80. The Kier molecular flexibility index (Phi) is 6.50. The highest BCUT2D eigenvalue weighted by molar-refractivity contribution is 5.98. The molecule has 1 aliphatic heterocycles. The van der Waals surface area contributed by atoms with E-state index < -0.39 is 6.04 Å². The molecule has 1 unspecified atom stereocenters. The lowest BCUT2D eigenvalue weighted by Gasteiger charge is -2.24. The van der Waals surface area contributed by atoms with Gasteiger partial charge >= 0.3 is 0 Å². The van der Waals surface area contributed by atoms with E-state index in [-0.39, 0.29) is 24.2 Å². The molecule has 3 aromatic carbocycles. The van der Waals surface area contributed by atoms with E-state index in [1.54, 1.807) is 30.2 Å². The molecule has 32 heavy (non-hydrogen) atoms. The van der Waals surface area contributed by atoms with E-state index in [1.165, 1.54) is 12.1 Å². The van der Waals surface area contributed by atoms with Crippen molar-refractivity contribution in [3.63, 3.8) is 0 Å². The van der Waals surface area contributed by atoms with Gasteiger partial charge in [-0.1, -0.05) is 36.4 Å². The van der Waals surface area contributed by atoms with Gasteiger partial charge in [0.1, 0.15) is 17.6 Å². The minimum Gasteiger partial charge on any atom is -0.497 e. The summed E-state index contributed by atoms with van der Waals surface area (Å²) in [5, 5.41) is 2.84. The summed E-state index contributed by atoms with van der Waals surface area (Å²) in [6.45, 7) is 0.751. The summed E-state index contributed by atoms with van der Waals surface area (Å²) in [4.78, 5) is 27.7. The summed E-state index contributed by atoms with van der Waals surface area (Å²) in [5.74, 6) is 0.0151. The number of hydrogen-bond acceptors (Lipinski definition) is 3. The largest absolute Gasteiger partial charge is 0.497 e. The topological polar surface area (TPSA) is 58.6 Å². The number of carbonyl (C=O) groups excluding carboxylic acids is 2. The zero-order valence-electron chi connectivity index (χ0n) is 17.9. The molecule has 6 heteroatoms. The Morgan fingerprint density at radius 3 is 2.56 bits per heavy atom. The van der Waals surface area contributed by atoms with Crippen molar-refractivity contribution in [1.29, 1.82) is 0 Å². The maximum absolute atomic E-state index is 13.4. The van der Waals surface area contributed by atoms with Crippen LogP contribution < -0.4 is 10.1 Å². The maximum Gasteiger partial charge on any atom is 0.254 e. The first-order chi connectivity index (χ1) is 15.5. The third-order valence-electron chi connectivity index (χ3n) is 5.68. The molecule has 0 aromatic heterocycles. The fourth-order valence-electron chi connectivity index (χ4n) is 4.04. The number of likely N-dealkylation sites (tertiary alicyclic amines) is 1. The minimum absolute atomic E-state index is 0.168. The molecule has 0 bridgehead atoms. The van der Waals surface area contributed by atoms with Gasteiger partial charge in [-0.3, -0.25) is 9.59 Å². The normalized spacial score (nSPS) is 15.4. The van der Waals surface area contributed by atoms with E-state index in [0.717, 1.165) is 23.3 Å². The minimum atomic E-state index is -0.531. The number of nitrogens with zero attached hydrogens (tertiary/aromatic N) is 1. The summed E-state index contributed by atoms with van der Waals surface area (Å²) in [6, 6.07) is 20.6. The first-order valence-electron chi connectivity index (χ1n) is 10.6. The van der Waals surface area contributed by atoms with Gasteiger partial charge < -0.3 is 15.0 Å². The SMILES string of the molecule is COc1cccc(-c2cccc(C(=O)N3CCCC3C(=O)NCc3cccc(F)c3)c2)c1. The quantitative estimate of drug-likeness (QED) is 0.627. The predicted octanol–water partition coefficient (Wildman–Crippen LogP) is 4.42. The van der Waals surface area contributed by atoms with Crippen LogP contribution in [0.15, 0.2) is 72.8 Å². The number of nitrogens with one attached hydrogen (secondary N) is 1. The van der Waals surface area contributed by atoms with E-state index in [4.69, 9.17) is 4.74 Å². The van der Waals surface area contributed by atoms with Crippen molar-refractivity contribution in [1.82, 2.24) is 10.2 Å². The monoisotopic (exact) mass is 432 g/mol. The zero-order chi connectivity index (χ0) is 22.5. The van der Waals surface area contributed by atoms with Gasteiger partial charge in [-0.25, -0.2) is 4.39 Å². The average Bonchev–Trinajstić information content (AvgIpc) is 3.32. The van der Waals surface area contributed by atoms with Crippen molar-refractivity contribution in [2.24, 2.45) is 0 Å². The zero-order valence-corrected chi connectivity index (χ0v) is 17.9. The molecular weight excluding hydrogens is 407 g/mol. The van der Waals surface area contributed by atoms with Gasteiger partial charge in [-0.2, -0.15) is 0 Å². The molecule has 5 nitrogen and oxygen atoms in total. The molecule has 0 aliphatic carbocycles. The van der Waals surface area contributed by atoms with Gasteiger partial charge in [0, 0.05) is 18.7 Å². The van der Waals surface area contributed by atoms with E-state index in [0.29, 0.717) is 24.1 Å². The van der Waals surface area contributed by atoms with Crippen molar-refractivity contribution in [3.8, 4) is 16.9 Å². The highest BCUT2D eigenvalue weighted by atomic mass is 19.1. The van der Waals surface area contributed by atoms with Crippen molar-refractivity contribution in [2.75, 3.05) is 13.7 Å². The standard InChI is InChI=1S/C26H25FN2O3/c1-32-23-11-4-8-20(16-23)19-7-3-9-21(15-19)26(31)29-13-5-12-24(29)25(30)28-17-18-6-2-10-22(27)14-18/h2-4,6-11,14-16,24H,5,12-13,17H2,1H3,(H,28,30). The van der Waals surface area contributed by atoms with Crippen LogP contribution in [0.5, 0.6) is 5.75 Å². The van der Waals surface area contributed by atoms with Crippen LogP contribution in [0, 0.1) is 5.82 Å².